The number of carbonyl (C=O) groups excluding carboxylic acids is 1. The summed E-state index contributed by atoms with van der Waals surface area (Å²) in [7, 11) is 0. The zero-order chi connectivity index (χ0) is 24.9. The van der Waals surface area contributed by atoms with Crippen LogP contribution in [0.1, 0.15) is 10.4 Å². The zero-order valence-corrected chi connectivity index (χ0v) is 19.4. The topological polar surface area (TPSA) is 129 Å². The van der Waals surface area contributed by atoms with Crippen molar-refractivity contribution in [1.82, 2.24) is 29.2 Å². The van der Waals surface area contributed by atoms with E-state index in [4.69, 9.17) is 14.2 Å². The SMILES string of the molecule is C1COCCO1.O=C(Nc1cn[nH]c1-c1cc2cnsc2cc1OC(F)F)c1cnn2cccnc12. The molecule has 4 aromatic heterocycles. The number of H-pyrrole nitrogens is 1. The Morgan fingerprint density at radius 3 is 2.72 bits per heavy atom. The lowest BCUT2D eigenvalue weighted by molar-refractivity contribution is -0.0493. The highest BCUT2D eigenvalue weighted by molar-refractivity contribution is 7.13. The summed E-state index contributed by atoms with van der Waals surface area (Å²) in [6, 6.07) is 4.82. The highest BCUT2D eigenvalue weighted by Gasteiger charge is 2.21. The van der Waals surface area contributed by atoms with E-state index in [1.807, 2.05) is 0 Å². The molecular weight excluding hydrogens is 496 g/mol. The minimum atomic E-state index is -3.01. The molecule has 186 valence electrons. The minimum absolute atomic E-state index is 0.0563. The Kier molecular flexibility index (Phi) is 7.06. The number of ether oxygens (including phenoxy) is 3. The van der Waals surface area contributed by atoms with Gasteiger partial charge in [-0.05, 0) is 23.7 Å². The fraction of sp³-hybridized carbons (Fsp3) is 0.227. The number of carbonyl (C=O) groups is 1. The van der Waals surface area contributed by atoms with E-state index >= 15 is 0 Å². The van der Waals surface area contributed by atoms with Crippen molar-refractivity contribution in [3.05, 3.63) is 54.7 Å². The van der Waals surface area contributed by atoms with E-state index in [-0.39, 0.29) is 17.0 Å². The summed E-state index contributed by atoms with van der Waals surface area (Å²) in [6.45, 7) is 0.0972. The first-order valence-corrected chi connectivity index (χ1v) is 11.5. The molecule has 0 aliphatic carbocycles. The standard InChI is InChI=1S/C18H11F2N7O2S.C4H8O2/c19-18(20)29-13-5-14-9(6-24-30-14)4-10(13)15-12(8-22-26-15)25-17(28)11-7-23-27-3-1-2-21-16(11)27;1-2-6-4-3-5-1/h1-8,18H,(H,22,26)(H,25,28);1-4H2. The first-order valence-electron chi connectivity index (χ1n) is 10.7. The van der Waals surface area contributed by atoms with Crippen molar-refractivity contribution in [2.75, 3.05) is 31.7 Å². The number of halogens is 2. The van der Waals surface area contributed by atoms with Crippen molar-refractivity contribution < 1.29 is 27.8 Å². The lowest BCUT2D eigenvalue weighted by Crippen LogP contribution is -2.16. The molecule has 0 saturated carbocycles. The van der Waals surface area contributed by atoms with E-state index in [9.17, 15) is 13.6 Å². The van der Waals surface area contributed by atoms with Crippen molar-refractivity contribution in [3.8, 4) is 17.0 Å². The summed E-state index contributed by atoms with van der Waals surface area (Å²) >= 11 is 1.16. The van der Waals surface area contributed by atoms with Crippen LogP contribution in [0.15, 0.2) is 49.2 Å². The van der Waals surface area contributed by atoms with Crippen molar-refractivity contribution in [2.24, 2.45) is 0 Å². The maximum absolute atomic E-state index is 13.0. The third-order valence-corrected chi connectivity index (χ3v) is 5.86. The molecule has 0 radical (unpaired) electrons. The lowest BCUT2D eigenvalue weighted by Gasteiger charge is -2.12. The van der Waals surface area contributed by atoms with Crippen LogP contribution in [-0.4, -0.2) is 68.1 Å². The van der Waals surface area contributed by atoms with Crippen LogP contribution in [0.3, 0.4) is 0 Å². The predicted molar refractivity (Wildman–Crippen MR) is 126 cm³/mol. The summed E-state index contributed by atoms with van der Waals surface area (Å²) in [4.78, 5) is 17.0. The number of aromatic nitrogens is 6. The van der Waals surface area contributed by atoms with E-state index in [0.717, 1.165) is 43.3 Å². The Bertz CT molecular complexity index is 1470. The molecule has 0 atom stereocenters. The summed E-state index contributed by atoms with van der Waals surface area (Å²) in [5, 5.41) is 14.2. The average Bonchev–Trinajstić information content (AvgIpc) is 3.64. The molecule has 36 heavy (non-hydrogen) atoms. The van der Waals surface area contributed by atoms with Gasteiger partial charge in [-0.15, -0.1) is 0 Å². The summed E-state index contributed by atoms with van der Waals surface area (Å²) < 4.78 is 46.7. The Hall–Kier alpha value is -4.01. The molecule has 1 aliphatic rings. The fourth-order valence-electron chi connectivity index (χ4n) is 3.49. The van der Waals surface area contributed by atoms with Gasteiger partial charge in [-0.1, -0.05) is 0 Å². The van der Waals surface area contributed by atoms with E-state index < -0.39 is 12.5 Å². The number of nitrogens with zero attached hydrogens (tertiary/aromatic N) is 5. The third kappa shape index (κ3) is 5.15. The van der Waals surface area contributed by atoms with Crippen molar-refractivity contribution in [1.29, 1.82) is 0 Å². The Morgan fingerprint density at radius 2 is 1.97 bits per heavy atom. The molecular formula is C22H19F2N7O4S. The molecule has 0 bridgehead atoms. The molecule has 11 nitrogen and oxygen atoms in total. The quantitative estimate of drug-likeness (QED) is 0.363. The van der Waals surface area contributed by atoms with Gasteiger partial charge in [0.2, 0.25) is 0 Å². The molecule has 1 aromatic carbocycles. The van der Waals surface area contributed by atoms with E-state index in [1.165, 1.54) is 23.0 Å². The normalized spacial score (nSPS) is 13.5. The zero-order valence-electron chi connectivity index (χ0n) is 18.6. The van der Waals surface area contributed by atoms with Crippen LogP contribution in [0.2, 0.25) is 0 Å². The Morgan fingerprint density at radius 1 is 1.17 bits per heavy atom. The van der Waals surface area contributed by atoms with Crippen LogP contribution in [0.5, 0.6) is 5.75 Å². The van der Waals surface area contributed by atoms with Gasteiger partial charge in [-0.25, -0.2) is 9.50 Å². The third-order valence-electron chi connectivity index (χ3n) is 5.10. The highest BCUT2D eigenvalue weighted by atomic mass is 32.1. The number of anilines is 1. The van der Waals surface area contributed by atoms with Gasteiger partial charge >= 0.3 is 6.61 Å². The monoisotopic (exact) mass is 515 g/mol. The van der Waals surface area contributed by atoms with Crippen LogP contribution >= 0.6 is 11.5 Å². The highest BCUT2D eigenvalue weighted by Crippen LogP contribution is 2.38. The van der Waals surface area contributed by atoms with E-state index in [2.05, 4.69) is 30.0 Å². The summed E-state index contributed by atoms with van der Waals surface area (Å²) in [6.07, 6.45) is 7.62. The van der Waals surface area contributed by atoms with E-state index in [0.29, 0.717) is 21.6 Å². The molecule has 0 spiro atoms. The number of alkyl halides is 2. The lowest BCUT2D eigenvalue weighted by atomic mass is 10.1. The minimum Gasteiger partial charge on any atom is -0.434 e. The number of hydrogen-bond donors (Lipinski definition) is 2. The van der Waals surface area contributed by atoms with Crippen molar-refractivity contribution in [2.45, 2.75) is 6.61 Å². The van der Waals surface area contributed by atoms with Crippen molar-refractivity contribution in [3.63, 3.8) is 0 Å². The predicted octanol–water partition coefficient (Wildman–Crippen LogP) is 3.62. The van der Waals surface area contributed by atoms with Gasteiger partial charge in [-0.2, -0.15) is 23.4 Å². The van der Waals surface area contributed by atoms with Gasteiger partial charge in [0.25, 0.3) is 5.91 Å². The van der Waals surface area contributed by atoms with E-state index in [1.54, 1.807) is 30.7 Å². The second-order valence-corrected chi connectivity index (χ2v) is 8.21. The second-order valence-electron chi connectivity index (χ2n) is 7.37. The number of nitrogens with one attached hydrogen (secondary N) is 2. The molecule has 0 unspecified atom stereocenters. The Labute approximate surface area is 206 Å². The van der Waals surface area contributed by atoms with Crippen LogP contribution in [0.4, 0.5) is 14.5 Å². The first kappa shape index (κ1) is 23.7. The van der Waals surface area contributed by atoms with Gasteiger partial charge in [0.15, 0.2) is 5.65 Å². The van der Waals surface area contributed by atoms with Crippen LogP contribution < -0.4 is 10.1 Å². The molecule has 1 saturated heterocycles. The largest absolute Gasteiger partial charge is 0.434 e. The van der Waals surface area contributed by atoms with Crippen LogP contribution in [0, 0.1) is 0 Å². The maximum Gasteiger partial charge on any atom is 0.387 e. The Balaban J connectivity index is 0.000000391. The summed E-state index contributed by atoms with van der Waals surface area (Å²) in [5.41, 5.74) is 1.55. The first-order chi connectivity index (χ1) is 17.6. The number of rotatable bonds is 5. The molecule has 1 amide bonds. The molecule has 2 N–H and O–H groups in total. The second kappa shape index (κ2) is 10.7. The molecule has 5 heterocycles. The van der Waals surface area contributed by atoms with Crippen LogP contribution in [-0.2, 0) is 9.47 Å². The number of aromatic amines is 1. The maximum atomic E-state index is 13.0. The van der Waals surface area contributed by atoms with Gasteiger partial charge < -0.3 is 19.5 Å². The molecule has 14 heteroatoms. The smallest absolute Gasteiger partial charge is 0.387 e. The molecule has 1 aliphatic heterocycles. The van der Waals surface area contributed by atoms with Crippen LogP contribution in [0.25, 0.3) is 27.0 Å². The van der Waals surface area contributed by atoms with Gasteiger partial charge in [-0.3, -0.25) is 9.89 Å². The number of hydrogen-bond acceptors (Lipinski definition) is 9. The number of fused-ring (bicyclic) bond motifs is 2. The molecule has 5 aromatic rings. The molecule has 1 fully saturated rings. The number of benzene rings is 1. The molecule has 6 rings (SSSR count). The van der Waals surface area contributed by atoms with Gasteiger partial charge in [0, 0.05) is 35.6 Å². The average molecular weight is 516 g/mol. The summed E-state index contributed by atoms with van der Waals surface area (Å²) in [5.74, 6) is -0.528. The number of amides is 1. The van der Waals surface area contributed by atoms with Crippen molar-refractivity contribution >= 4 is 38.9 Å². The van der Waals surface area contributed by atoms with Gasteiger partial charge in [0.05, 0.1) is 54.9 Å². The fourth-order valence-corrected chi connectivity index (χ4v) is 4.15. The van der Waals surface area contributed by atoms with Gasteiger partial charge in [0.1, 0.15) is 11.3 Å².